The van der Waals surface area contributed by atoms with Crippen LogP contribution in [0.15, 0.2) is 48.2 Å². The molecule has 0 saturated heterocycles. The van der Waals surface area contributed by atoms with Crippen LogP contribution in [0.5, 0.6) is 0 Å². The van der Waals surface area contributed by atoms with Gasteiger partial charge in [0.2, 0.25) is 0 Å². The van der Waals surface area contributed by atoms with Crippen LogP contribution in [0.25, 0.3) is 11.1 Å². The van der Waals surface area contributed by atoms with Gasteiger partial charge in [-0.3, -0.25) is 4.68 Å². The number of hydrogen-bond donors (Lipinski definition) is 4. The summed E-state index contributed by atoms with van der Waals surface area (Å²) in [5.41, 5.74) is -1.05. The molecular weight excluding hydrogens is 484 g/mol. The Balaban J connectivity index is 1.41. The number of fused-ring (bicyclic) bond motifs is 3. The SMILES string of the molecule is CC1CC23CCC4C(C(C=C(CO)C(O)C2(O)C1OC(=O)c1c(-c2ccccc2)cnn1C)C3O)C4(C)C. The van der Waals surface area contributed by atoms with E-state index in [1.807, 2.05) is 37.3 Å². The van der Waals surface area contributed by atoms with E-state index in [4.69, 9.17) is 4.74 Å². The molecule has 2 aromatic rings. The van der Waals surface area contributed by atoms with Gasteiger partial charge in [-0.2, -0.15) is 5.10 Å². The number of aliphatic hydroxyl groups is 4. The molecule has 2 bridgehead atoms. The maximum absolute atomic E-state index is 13.7. The molecule has 1 aromatic heterocycles. The Labute approximate surface area is 222 Å². The van der Waals surface area contributed by atoms with Crippen molar-refractivity contribution >= 4 is 5.97 Å². The standard InChI is InChI=1S/C30H38N2O6/c1-16-13-29-11-10-21-22(28(21,2)3)19(25(29)35)12-18(15-33)24(34)30(29,37)26(16)38-27(36)23-20(14-31-32(23)4)17-8-6-5-7-9-17/h5-9,12,14,16,19,21-22,24-26,33-35,37H,10-11,13,15H2,1-4H3. The second-order valence-corrected chi connectivity index (χ2v) is 12.7. The summed E-state index contributed by atoms with van der Waals surface area (Å²) in [5.74, 6) is -0.694. The molecule has 6 rings (SSSR count). The Morgan fingerprint density at radius 2 is 1.92 bits per heavy atom. The summed E-state index contributed by atoms with van der Waals surface area (Å²) in [6.07, 6.45) is 1.63. The topological polar surface area (TPSA) is 125 Å². The molecule has 8 heteroatoms. The normalized spacial score (nSPS) is 40.8. The van der Waals surface area contributed by atoms with Crippen LogP contribution in [-0.4, -0.2) is 66.7 Å². The highest BCUT2D eigenvalue weighted by Gasteiger charge is 2.76. The van der Waals surface area contributed by atoms with Crippen LogP contribution in [0.3, 0.4) is 0 Å². The lowest BCUT2D eigenvalue weighted by Gasteiger charge is -2.49. The minimum absolute atomic E-state index is 0.0428. The average Bonchev–Trinajstić information content (AvgIpc) is 3.17. The van der Waals surface area contributed by atoms with E-state index >= 15 is 0 Å². The smallest absolute Gasteiger partial charge is 0.357 e. The number of aliphatic hydroxyl groups excluding tert-OH is 3. The van der Waals surface area contributed by atoms with Gasteiger partial charge in [-0.05, 0) is 53.6 Å². The molecule has 4 aliphatic rings. The first-order chi connectivity index (χ1) is 18.0. The van der Waals surface area contributed by atoms with Gasteiger partial charge < -0.3 is 25.2 Å². The number of hydrogen-bond acceptors (Lipinski definition) is 7. The van der Waals surface area contributed by atoms with Crippen molar-refractivity contribution in [1.82, 2.24) is 9.78 Å². The molecule has 204 valence electrons. The summed E-state index contributed by atoms with van der Waals surface area (Å²) in [4.78, 5) is 13.7. The van der Waals surface area contributed by atoms with Gasteiger partial charge in [0.25, 0.3) is 0 Å². The third-order valence-electron chi connectivity index (χ3n) is 10.6. The van der Waals surface area contributed by atoms with E-state index in [0.29, 0.717) is 24.3 Å². The van der Waals surface area contributed by atoms with Crippen molar-refractivity contribution in [3.05, 3.63) is 53.9 Å². The number of esters is 1. The summed E-state index contributed by atoms with van der Waals surface area (Å²) in [6.45, 7) is 5.85. The highest BCUT2D eigenvalue weighted by Crippen LogP contribution is 2.72. The van der Waals surface area contributed by atoms with Crippen molar-refractivity contribution in [1.29, 1.82) is 0 Å². The zero-order valence-electron chi connectivity index (χ0n) is 22.4. The van der Waals surface area contributed by atoms with E-state index in [-0.39, 0.29) is 34.4 Å². The molecule has 0 aliphatic heterocycles. The molecule has 3 fully saturated rings. The largest absolute Gasteiger partial charge is 0.454 e. The van der Waals surface area contributed by atoms with Gasteiger partial charge in [-0.25, -0.2) is 4.79 Å². The van der Waals surface area contributed by atoms with Crippen molar-refractivity contribution in [3.63, 3.8) is 0 Å². The average molecular weight is 523 g/mol. The summed E-state index contributed by atoms with van der Waals surface area (Å²) in [5, 5.41) is 50.8. The Kier molecular flexibility index (Phi) is 5.75. The van der Waals surface area contributed by atoms with Gasteiger partial charge in [0.05, 0.1) is 18.9 Å². The molecule has 0 amide bonds. The zero-order chi connectivity index (χ0) is 27.2. The van der Waals surface area contributed by atoms with Crippen LogP contribution in [0.1, 0.15) is 50.5 Å². The van der Waals surface area contributed by atoms with Crippen LogP contribution >= 0.6 is 0 Å². The molecule has 38 heavy (non-hydrogen) atoms. The monoisotopic (exact) mass is 522 g/mol. The van der Waals surface area contributed by atoms with E-state index in [1.165, 1.54) is 4.68 Å². The number of carbonyl (C=O) groups excluding carboxylic acids is 1. The van der Waals surface area contributed by atoms with Gasteiger partial charge in [-0.15, -0.1) is 0 Å². The summed E-state index contributed by atoms with van der Waals surface area (Å²) in [7, 11) is 1.66. The molecule has 9 unspecified atom stereocenters. The second-order valence-electron chi connectivity index (χ2n) is 12.7. The highest BCUT2D eigenvalue weighted by molar-refractivity contribution is 5.95. The van der Waals surface area contributed by atoms with Gasteiger partial charge >= 0.3 is 5.97 Å². The first-order valence-corrected chi connectivity index (χ1v) is 13.7. The molecular formula is C30H38N2O6. The number of nitrogens with zero attached hydrogens (tertiary/aromatic N) is 2. The molecule has 1 spiro atoms. The Hall–Kier alpha value is -2.52. The van der Waals surface area contributed by atoms with Gasteiger partial charge in [0.15, 0.2) is 5.69 Å². The minimum atomic E-state index is -1.96. The maximum Gasteiger partial charge on any atom is 0.357 e. The van der Waals surface area contributed by atoms with Crippen LogP contribution in [0.2, 0.25) is 0 Å². The van der Waals surface area contributed by atoms with Crippen molar-refractivity contribution in [2.75, 3.05) is 6.61 Å². The number of rotatable bonds is 4. The van der Waals surface area contributed by atoms with E-state index in [1.54, 1.807) is 19.3 Å². The zero-order valence-corrected chi connectivity index (χ0v) is 22.4. The minimum Gasteiger partial charge on any atom is -0.454 e. The number of benzene rings is 1. The quantitative estimate of drug-likeness (QED) is 0.359. The lowest BCUT2D eigenvalue weighted by molar-refractivity contribution is -0.212. The number of carbonyl (C=O) groups is 1. The van der Waals surface area contributed by atoms with E-state index in [2.05, 4.69) is 18.9 Å². The van der Waals surface area contributed by atoms with Gasteiger partial charge in [0, 0.05) is 23.9 Å². The van der Waals surface area contributed by atoms with Gasteiger partial charge in [0.1, 0.15) is 17.8 Å². The number of aromatic nitrogens is 2. The van der Waals surface area contributed by atoms with Crippen LogP contribution < -0.4 is 0 Å². The Bertz CT molecular complexity index is 1290. The van der Waals surface area contributed by atoms with Crippen molar-refractivity contribution in [2.45, 2.75) is 63.9 Å². The van der Waals surface area contributed by atoms with Crippen LogP contribution in [0, 0.1) is 34.5 Å². The maximum atomic E-state index is 13.7. The van der Waals surface area contributed by atoms with Crippen molar-refractivity contribution in [3.8, 4) is 11.1 Å². The van der Waals surface area contributed by atoms with E-state index in [0.717, 1.165) is 12.0 Å². The molecule has 8 nitrogen and oxygen atoms in total. The van der Waals surface area contributed by atoms with Crippen LogP contribution in [0.4, 0.5) is 0 Å². The van der Waals surface area contributed by atoms with Gasteiger partial charge in [-0.1, -0.05) is 57.2 Å². The number of aryl methyl sites for hydroxylation is 1. The Morgan fingerprint density at radius 1 is 1.21 bits per heavy atom. The van der Waals surface area contributed by atoms with Crippen molar-refractivity contribution in [2.24, 2.45) is 41.5 Å². The third-order valence-corrected chi connectivity index (χ3v) is 10.6. The van der Waals surface area contributed by atoms with E-state index in [9.17, 15) is 25.2 Å². The molecule has 0 radical (unpaired) electrons. The molecule has 1 aromatic carbocycles. The summed E-state index contributed by atoms with van der Waals surface area (Å²) >= 11 is 0. The number of ether oxygens (including phenoxy) is 1. The second kappa shape index (κ2) is 8.49. The predicted octanol–water partition coefficient (Wildman–Crippen LogP) is 2.71. The van der Waals surface area contributed by atoms with E-state index < -0.39 is 41.9 Å². The summed E-state index contributed by atoms with van der Waals surface area (Å²) in [6, 6.07) is 9.42. The fourth-order valence-corrected chi connectivity index (χ4v) is 8.72. The fourth-order valence-electron chi connectivity index (χ4n) is 8.72. The first kappa shape index (κ1) is 25.7. The predicted molar refractivity (Wildman–Crippen MR) is 140 cm³/mol. The summed E-state index contributed by atoms with van der Waals surface area (Å²) < 4.78 is 7.58. The fraction of sp³-hybridized carbons (Fsp3) is 0.600. The molecule has 4 N–H and O–H groups in total. The lowest BCUT2D eigenvalue weighted by Crippen LogP contribution is -2.64. The molecule has 9 atom stereocenters. The highest BCUT2D eigenvalue weighted by atomic mass is 16.6. The third kappa shape index (κ3) is 3.24. The van der Waals surface area contributed by atoms with Crippen LogP contribution in [-0.2, 0) is 11.8 Å². The molecule has 4 aliphatic carbocycles. The molecule has 3 saturated carbocycles. The van der Waals surface area contributed by atoms with Crippen molar-refractivity contribution < 1.29 is 30.0 Å². The first-order valence-electron chi connectivity index (χ1n) is 13.7. The molecule has 1 heterocycles. The lowest BCUT2D eigenvalue weighted by atomic mass is 9.62. The Morgan fingerprint density at radius 3 is 2.61 bits per heavy atom.